The summed E-state index contributed by atoms with van der Waals surface area (Å²) < 4.78 is 19.4. The van der Waals surface area contributed by atoms with Crippen molar-refractivity contribution in [2.75, 3.05) is 13.2 Å². The Hall–Kier alpha value is -3.46. The first-order valence-electron chi connectivity index (χ1n) is 16.1. The molecule has 1 saturated heterocycles. The number of phenols is 1. The Morgan fingerprint density at radius 2 is 1.77 bits per heavy atom. The van der Waals surface area contributed by atoms with E-state index in [1.165, 1.54) is 0 Å². The van der Waals surface area contributed by atoms with Crippen LogP contribution in [0.4, 0.5) is 0 Å². The molecule has 0 saturated carbocycles. The fourth-order valence-electron chi connectivity index (χ4n) is 5.86. The third kappa shape index (κ3) is 9.03. The van der Waals surface area contributed by atoms with Crippen molar-refractivity contribution in [3.05, 3.63) is 82.9 Å². The Kier molecular flexibility index (Phi) is 12.6. The van der Waals surface area contributed by atoms with E-state index in [0.29, 0.717) is 17.6 Å². The molecular weight excluding hydrogens is 558 g/mol. The number of phenolic OH excluding ortho intramolecular Hbond substituents is 1. The average molecular weight is 606 g/mol. The van der Waals surface area contributed by atoms with Gasteiger partial charge in [-0.1, -0.05) is 82.0 Å². The first-order chi connectivity index (χ1) is 21.4. The van der Waals surface area contributed by atoms with E-state index in [2.05, 4.69) is 19.2 Å². The molecule has 8 heteroatoms. The lowest BCUT2D eigenvalue weighted by atomic mass is 9.91. The van der Waals surface area contributed by atoms with Crippen molar-refractivity contribution in [1.29, 1.82) is 0 Å². The van der Waals surface area contributed by atoms with E-state index < -0.39 is 30.1 Å². The zero-order chi connectivity index (χ0) is 31.4. The van der Waals surface area contributed by atoms with E-state index in [4.69, 9.17) is 14.2 Å². The van der Waals surface area contributed by atoms with Gasteiger partial charge in [-0.15, -0.1) is 0 Å². The van der Waals surface area contributed by atoms with E-state index in [9.17, 15) is 19.8 Å². The van der Waals surface area contributed by atoms with Crippen molar-refractivity contribution >= 4 is 18.0 Å². The number of carbonyl (C=O) groups is 2. The highest BCUT2D eigenvalue weighted by atomic mass is 16.8. The van der Waals surface area contributed by atoms with Gasteiger partial charge >= 0.3 is 5.97 Å². The quantitative estimate of drug-likeness (QED) is 0.153. The van der Waals surface area contributed by atoms with Gasteiger partial charge in [0.2, 0.25) is 5.91 Å². The summed E-state index contributed by atoms with van der Waals surface area (Å²) in [5, 5.41) is 22.0. The number of amides is 1. The van der Waals surface area contributed by atoms with E-state index in [0.717, 1.165) is 62.5 Å². The predicted octanol–water partition coefficient (Wildman–Crippen LogP) is 6.25. The van der Waals surface area contributed by atoms with Crippen LogP contribution in [0.5, 0.6) is 5.75 Å². The van der Waals surface area contributed by atoms with Crippen LogP contribution in [0.25, 0.3) is 6.08 Å². The second-order valence-corrected chi connectivity index (χ2v) is 11.7. The fourth-order valence-corrected chi connectivity index (χ4v) is 5.86. The number of hydrogen-bond donors (Lipinski definition) is 3. The Balaban J connectivity index is 1.51. The standard InChI is InChI=1S/C36H47NO7/c1-3-5-9-19-36(20-10-6-4-2)43-32-25-29(34(40)37-21-22-38)24-31(33(32)44-36)42-35(41)28-17-12-14-26(23-28)13-11-16-27-15-7-8-18-30(27)39/h7-8,11-15,17-18,23,25,31-33,38-39H,3-6,9-10,16,19-22,24H2,1-2H3,(H,37,40)/t31-,32-,33+/m1/s1. The van der Waals surface area contributed by atoms with Crippen LogP contribution in [0.15, 0.2) is 66.3 Å². The average Bonchev–Trinajstić information content (AvgIpc) is 3.40. The summed E-state index contributed by atoms with van der Waals surface area (Å²) in [6, 6.07) is 14.4. The lowest BCUT2D eigenvalue weighted by molar-refractivity contribution is -0.190. The number of esters is 1. The molecule has 0 spiro atoms. The molecule has 3 atom stereocenters. The number of fused-ring (bicyclic) bond motifs is 1. The number of aromatic hydroxyl groups is 1. The monoisotopic (exact) mass is 605 g/mol. The van der Waals surface area contributed by atoms with Crippen LogP contribution >= 0.6 is 0 Å². The summed E-state index contributed by atoms with van der Waals surface area (Å²) in [5.41, 5.74) is 2.49. The molecule has 1 amide bonds. The molecule has 4 rings (SSSR count). The molecule has 2 aliphatic rings. The third-order valence-electron chi connectivity index (χ3n) is 8.21. The molecular formula is C36H47NO7. The lowest BCUT2D eigenvalue weighted by Crippen LogP contribution is -2.43. The minimum Gasteiger partial charge on any atom is -0.508 e. The van der Waals surface area contributed by atoms with Crippen LogP contribution in [0.2, 0.25) is 0 Å². The minimum absolute atomic E-state index is 0.133. The number of nitrogens with one attached hydrogen (secondary N) is 1. The number of aliphatic hydroxyl groups is 1. The predicted molar refractivity (Wildman–Crippen MR) is 170 cm³/mol. The number of para-hydroxylation sites is 1. The van der Waals surface area contributed by atoms with Gasteiger partial charge in [0.15, 0.2) is 5.79 Å². The summed E-state index contributed by atoms with van der Waals surface area (Å²) in [5.74, 6) is -1.35. The fraction of sp³-hybridized carbons (Fsp3) is 0.500. The molecule has 1 aliphatic carbocycles. The van der Waals surface area contributed by atoms with E-state index in [-0.39, 0.29) is 31.2 Å². The maximum absolute atomic E-state index is 13.5. The second kappa shape index (κ2) is 16.6. The third-order valence-corrected chi connectivity index (χ3v) is 8.21. The molecule has 3 N–H and O–H groups in total. The number of unbranched alkanes of at least 4 members (excludes halogenated alkanes) is 4. The first-order valence-corrected chi connectivity index (χ1v) is 16.1. The highest BCUT2D eigenvalue weighted by molar-refractivity contribution is 5.94. The van der Waals surface area contributed by atoms with Crippen LogP contribution < -0.4 is 5.32 Å². The maximum atomic E-state index is 13.5. The molecule has 8 nitrogen and oxygen atoms in total. The number of carbonyl (C=O) groups excluding carboxylic acids is 2. The number of allylic oxidation sites excluding steroid dienone is 1. The lowest BCUT2D eigenvalue weighted by Gasteiger charge is -2.31. The van der Waals surface area contributed by atoms with Crippen molar-refractivity contribution in [2.24, 2.45) is 0 Å². The SMILES string of the molecule is CCCCCC1(CCCCC)O[C@@H]2[C@@H](C=C(C(=O)NCCO)C[C@H]2OC(=O)c2cccc(C=CCc3ccccc3O)c2)O1. The number of benzene rings is 2. The van der Waals surface area contributed by atoms with Gasteiger partial charge in [0.05, 0.1) is 12.2 Å². The summed E-state index contributed by atoms with van der Waals surface area (Å²) in [6.07, 6.45) is 12.3. The molecule has 0 radical (unpaired) electrons. The molecule has 238 valence electrons. The summed E-state index contributed by atoms with van der Waals surface area (Å²) in [4.78, 5) is 26.4. The Morgan fingerprint density at radius 3 is 2.48 bits per heavy atom. The van der Waals surface area contributed by atoms with Gasteiger partial charge in [0.1, 0.15) is 24.1 Å². The van der Waals surface area contributed by atoms with Crippen LogP contribution in [-0.4, -0.2) is 59.3 Å². The van der Waals surface area contributed by atoms with E-state index >= 15 is 0 Å². The highest BCUT2D eigenvalue weighted by Gasteiger charge is 2.52. The van der Waals surface area contributed by atoms with Crippen molar-refractivity contribution in [1.82, 2.24) is 5.32 Å². The van der Waals surface area contributed by atoms with Gasteiger partial charge in [0.25, 0.3) is 0 Å². The van der Waals surface area contributed by atoms with E-state index in [1.54, 1.807) is 36.4 Å². The Labute approximate surface area is 261 Å². The number of hydrogen-bond acceptors (Lipinski definition) is 7. The molecule has 2 aromatic carbocycles. The zero-order valence-electron chi connectivity index (χ0n) is 26.0. The van der Waals surface area contributed by atoms with Gasteiger partial charge in [-0.05, 0) is 54.7 Å². The summed E-state index contributed by atoms with van der Waals surface area (Å²) >= 11 is 0. The van der Waals surface area contributed by atoms with Crippen LogP contribution in [0.1, 0.15) is 93.1 Å². The molecule has 1 heterocycles. The molecule has 1 aliphatic heterocycles. The van der Waals surface area contributed by atoms with Crippen LogP contribution in [0, 0.1) is 0 Å². The summed E-state index contributed by atoms with van der Waals surface area (Å²) in [6.45, 7) is 4.29. The Morgan fingerprint density at radius 1 is 1.02 bits per heavy atom. The molecule has 0 aromatic heterocycles. The molecule has 0 unspecified atom stereocenters. The number of aliphatic hydroxyl groups excluding tert-OH is 1. The number of rotatable bonds is 16. The van der Waals surface area contributed by atoms with Gasteiger partial charge < -0.3 is 29.7 Å². The second-order valence-electron chi connectivity index (χ2n) is 11.7. The smallest absolute Gasteiger partial charge is 0.338 e. The highest BCUT2D eigenvalue weighted by Crippen LogP contribution is 2.43. The zero-order valence-corrected chi connectivity index (χ0v) is 26.0. The van der Waals surface area contributed by atoms with Crippen molar-refractivity contribution in [3.63, 3.8) is 0 Å². The van der Waals surface area contributed by atoms with Crippen LogP contribution in [0.3, 0.4) is 0 Å². The van der Waals surface area contributed by atoms with E-state index in [1.807, 2.05) is 30.4 Å². The molecule has 1 fully saturated rings. The molecule has 2 aromatic rings. The molecule has 0 bridgehead atoms. The normalized spacial score (nSPS) is 20.7. The van der Waals surface area contributed by atoms with Gasteiger partial charge in [0, 0.05) is 31.4 Å². The minimum atomic E-state index is -0.782. The van der Waals surface area contributed by atoms with Gasteiger partial charge in [-0.25, -0.2) is 4.79 Å². The molecule has 44 heavy (non-hydrogen) atoms. The van der Waals surface area contributed by atoms with Crippen LogP contribution in [-0.2, 0) is 25.4 Å². The Bertz CT molecular complexity index is 1290. The van der Waals surface area contributed by atoms with Gasteiger partial charge in [-0.2, -0.15) is 0 Å². The van der Waals surface area contributed by atoms with Crippen molar-refractivity contribution in [3.8, 4) is 5.75 Å². The summed E-state index contributed by atoms with van der Waals surface area (Å²) in [7, 11) is 0. The van der Waals surface area contributed by atoms with Crippen molar-refractivity contribution < 1.29 is 34.0 Å². The first kappa shape index (κ1) is 33.4. The largest absolute Gasteiger partial charge is 0.508 e. The van der Waals surface area contributed by atoms with Crippen molar-refractivity contribution in [2.45, 2.75) is 102 Å². The maximum Gasteiger partial charge on any atom is 0.338 e. The van der Waals surface area contributed by atoms with Gasteiger partial charge in [-0.3, -0.25) is 4.79 Å². The number of ether oxygens (including phenoxy) is 3. The topological polar surface area (TPSA) is 114 Å².